The van der Waals surface area contributed by atoms with Crippen molar-refractivity contribution < 1.29 is 14.0 Å². The van der Waals surface area contributed by atoms with Crippen LogP contribution < -0.4 is 4.90 Å². The van der Waals surface area contributed by atoms with Gasteiger partial charge in [-0.25, -0.2) is 0 Å². The summed E-state index contributed by atoms with van der Waals surface area (Å²) in [6.45, 7) is 6.92. The molecule has 5 nitrogen and oxygen atoms in total. The standard InChI is InChI=1S/C18H20N2O3/c1-12-8-13(2)10-15(9-12)20-6-5-19(11-16(20)21)18(22)17-14(3)4-7-23-17/h4,7-10H,5-6,11H2,1-3H3. The summed E-state index contributed by atoms with van der Waals surface area (Å²) in [6.07, 6.45) is 1.50. The van der Waals surface area contributed by atoms with Gasteiger partial charge in [-0.3, -0.25) is 9.59 Å². The fourth-order valence-corrected chi connectivity index (χ4v) is 2.96. The lowest BCUT2D eigenvalue weighted by molar-refractivity contribution is -0.120. The van der Waals surface area contributed by atoms with Crippen LogP contribution in [0, 0.1) is 20.8 Å². The molecule has 0 atom stereocenters. The van der Waals surface area contributed by atoms with E-state index in [1.807, 2.05) is 32.9 Å². The molecule has 2 heterocycles. The predicted octanol–water partition coefficient (Wildman–Crippen LogP) is 2.69. The summed E-state index contributed by atoms with van der Waals surface area (Å²) in [4.78, 5) is 28.2. The molecule has 1 aromatic heterocycles. The highest BCUT2D eigenvalue weighted by molar-refractivity contribution is 6.01. The number of rotatable bonds is 2. The molecule has 1 saturated heterocycles. The first kappa shape index (κ1) is 15.3. The average molecular weight is 312 g/mol. The van der Waals surface area contributed by atoms with Crippen molar-refractivity contribution in [1.82, 2.24) is 4.90 Å². The number of aryl methyl sites for hydroxylation is 3. The van der Waals surface area contributed by atoms with Gasteiger partial charge in [-0.1, -0.05) is 6.07 Å². The van der Waals surface area contributed by atoms with Crippen molar-refractivity contribution >= 4 is 17.5 Å². The third kappa shape index (κ3) is 2.99. The van der Waals surface area contributed by atoms with Gasteiger partial charge in [0.05, 0.1) is 6.26 Å². The van der Waals surface area contributed by atoms with Crippen LogP contribution in [0.1, 0.15) is 27.2 Å². The number of hydrogen-bond acceptors (Lipinski definition) is 3. The van der Waals surface area contributed by atoms with E-state index < -0.39 is 0 Å². The number of carbonyl (C=O) groups excluding carboxylic acids is 2. The van der Waals surface area contributed by atoms with Crippen LogP contribution >= 0.6 is 0 Å². The van der Waals surface area contributed by atoms with E-state index in [1.54, 1.807) is 15.9 Å². The maximum absolute atomic E-state index is 12.5. The van der Waals surface area contributed by atoms with Gasteiger partial charge < -0.3 is 14.2 Å². The Hall–Kier alpha value is -2.56. The Morgan fingerprint density at radius 3 is 2.35 bits per heavy atom. The van der Waals surface area contributed by atoms with Gasteiger partial charge in [0.25, 0.3) is 5.91 Å². The Bertz CT molecular complexity index is 743. The predicted molar refractivity (Wildman–Crippen MR) is 87.6 cm³/mol. The first-order valence-corrected chi connectivity index (χ1v) is 7.68. The Morgan fingerprint density at radius 2 is 1.78 bits per heavy atom. The van der Waals surface area contributed by atoms with Crippen molar-refractivity contribution in [2.45, 2.75) is 20.8 Å². The Labute approximate surface area is 135 Å². The third-order valence-electron chi connectivity index (χ3n) is 4.08. The van der Waals surface area contributed by atoms with Crippen molar-refractivity contribution in [1.29, 1.82) is 0 Å². The summed E-state index contributed by atoms with van der Waals surface area (Å²) in [6, 6.07) is 7.83. The molecule has 0 aliphatic carbocycles. The van der Waals surface area contributed by atoms with E-state index >= 15 is 0 Å². The molecule has 23 heavy (non-hydrogen) atoms. The van der Waals surface area contributed by atoms with Gasteiger partial charge in [-0.15, -0.1) is 0 Å². The Kier molecular flexibility index (Phi) is 3.94. The van der Waals surface area contributed by atoms with E-state index in [9.17, 15) is 9.59 Å². The molecular weight excluding hydrogens is 292 g/mol. The molecule has 0 spiro atoms. The minimum absolute atomic E-state index is 0.0705. The highest BCUT2D eigenvalue weighted by Crippen LogP contribution is 2.22. The second-order valence-electron chi connectivity index (χ2n) is 6.05. The molecule has 1 aromatic carbocycles. The van der Waals surface area contributed by atoms with E-state index in [2.05, 4.69) is 6.07 Å². The summed E-state index contributed by atoms with van der Waals surface area (Å²) < 4.78 is 5.24. The number of hydrogen-bond donors (Lipinski definition) is 0. The summed E-state index contributed by atoms with van der Waals surface area (Å²) >= 11 is 0. The number of nitrogens with zero attached hydrogens (tertiary/aromatic N) is 2. The summed E-state index contributed by atoms with van der Waals surface area (Å²) in [5, 5.41) is 0. The normalized spacial score (nSPS) is 15.2. The molecule has 0 unspecified atom stereocenters. The zero-order valence-corrected chi connectivity index (χ0v) is 13.6. The third-order valence-corrected chi connectivity index (χ3v) is 4.08. The zero-order chi connectivity index (χ0) is 16.6. The van der Waals surface area contributed by atoms with Crippen molar-refractivity contribution in [3.63, 3.8) is 0 Å². The minimum atomic E-state index is -0.221. The molecule has 0 saturated carbocycles. The van der Waals surface area contributed by atoms with Gasteiger partial charge in [0.15, 0.2) is 5.76 Å². The molecule has 0 N–H and O–H groups in total. The first-order valence-electron chi connectivity index (χ1n) is 7.68. The van der Waals surface area contributed by atoms with Crippen LogP contribution in [0.2, 0.25) is 0 Å². The lowest BCUT2D eigenvalue weighted by Crippen LogP contribution is -2.52. The van der Waals surface area contributed by atoms with Crippen LogP contribution in [-0.2, 0) is 4.79 Å². The van der Waals surface area contributed by atoms with Crippen molar-refractivity contribution in [2.24, 2.45) is 0 Å². The van der Waals surface area contributed by atoms with Crippen LogP contribution in [0.15, 0.2) is 34.9 Å². The summed E-state index contributed by atoms with van der Waals surface area (Å²) in [7, 11) is 0. The lowest BCUT2D eigenvalue weighted by atomic mass is 10.1. The van der Waals surface area contributed by atoms with E-state index in [0.717, 1.165) is 22.4 Å². The SMILES string of the molecule is Cc1cc(C)cc(N2CCN(C(=O)c3occc3C)CC2=O)c1. The monoisotopic (exact) mass is 312 g/mol. The Morgan fingerprint density at radius 1 is 1.09 bits per heavy atom. The Balaban J connectivity index is 1.76. The molecule has 1 aliphatic rings. The number of piperazine rings is 1. The molecule has 5 heteroatoms. The van der Waals surface area contributed by atoms with Gasteiger partial charge in [-0.2, -0.15) is 0 Å². The minimum Gasteiger partial charge on any atom is -0.459 e. The van der Waals surface area contributed by atoms with Crippen LogP contribution in [-0.4, -0.2) is 36.3 Å². The number of furan rings is 1. The lowest BCUT2D eigenvalue weighted by Gasteiger charge is -2.34. The van der Waals surface area contributed by atoms with Gasteiger partial charge in [0.2, 0.25) is 5.91 Å². The van der Waals surface area contributed by atoms with Crippen LogP contribution in [0.4, 0.5) is 5.69 Å². The molecule has 120 valence electrons. The molecule has 0 radical (unpaired) electrons. The molecule has 0 bridgehead atoms. The smallest absolute Gasteiger partial charge is 0.290 e. The fraction of sp³-hybridized carbons (Fsp3) is 0.333. The van der Waals surface area contributed by atoms with Gasteiger partial charge in [0.1, 0.15) is 6.54 Å². The largest absolute Gasteiger partial charge is 0.459 e. The van der Waals surface area contributed by atoms with E-state index in [1.165, 1.54) is 6.26 Å². The maximum atomic E-state index is 12.5. The van der Waals surface area contributed by atoms with E-state index in [-0.39, 0.29) is 18.4 Å². The topological polar surface area (TPSA) is 53.8 Å². The average Bonchev–Trinajstić information content (AvgIpc) is 2.91. The van der Waals surface area contributed by atoms with Crippen molar-refractivity contribution in [2.75, 3.05) is 24.5 Å². The molecule has 2 amide bonds. The number of carbonyl (C=O) groups is 2. The van der Waals surface area contributed by atoms with Gasteiger partial charge in [0, 0.05) is 24.3 Å². The zero-order valence-electron chi connectivity index (χ0n) is 13.6. The molecule has 1 aliphatic heterocycles. The number of benzene rings is 1. The molecular formula is C18H20N2O3. The number of anilines is 1. The van der Waals surface area contributed by atoms with E-state index in [4.69, 9.17) is 4.42 Å². The van der Waals surface area contributed by atoms with Gasteiger partial charge >= 0.3 is 0 Å². The second-order valence-corrected chi connectivity index (χ2v) is 6.05. The van der Waals surface area contributed by atoms with Crippen LogP contribution in [0.5, 0.6) is 0 Å². The quantitative estimate of drug-likeness (QED) is 0.857. The fourth-order valence-electron chi connectivity index (χ4n) is 2.96. The van der Waals surface area contributed by atoms with E-state index in [0.29, 0.717) is 18.8 Å². The molecule has 2 aromatic rings. The van der Waals surface area contributed by atoms with Crippen LogP contribution in [0.25, 0.3) is 0 Å². The van der Waals surface area contributed by atoms with Crippen LogP contribution in [0.3, 0.4) is 0 Å². The maximum Gasteiger partial charge on any atom is 0.290 e. The number of amides is 2. The van der Waals surface area contributed by atoms with Crippen molar-refractivity contribution in [3.05, 3.63) is 53.0 Å². The van der Waals surface area contributed by atoms with Gasteiger partial charge in [-0.05, 0) is 50.1 Å². The molecule has 3 rings (SSSR count). The summed E-state index contributed by atoms with van der Waals surface area (Å²) in [5.41, 5.74) is 3.93. The van der Waals surface area contributed by atoms with Crippen molar-refractivity contribution in [3.8, 4) is 0 Å². The summed E-state index contributed by atoms with van der Waals surface area (Å²) in [5.74, 6) is 0.0254. The second kappa shape index (κ2) is 5.91. The highest BCUT2D eigenvalue weighted by atomic mass is 16.3. The highest BCUT2D eigenvalue weighted by Gasteiger charge is 2.30. The first-order chi connectivity index (χ1) is 11.0. The molecule has 1 fully saturated rings.